The molecular formula is C22H30N4O2. The number of hydrogen-bond donors (Lipinski definition) is 0. The summed E-state index contributed by atoms with van der Waals surface area (Å²) < 4.78 is 2.06. The summed E-state index contributed by atoms with van der Waals surface area (Å²) in [5, 5.41) is 0. The molecule has 0 N–H and O–H groups in total. The molecule has 1 saturated heterocycles. The monoisotopic (exact) mass is 382 g/mol. The third-order valence-electron chi connectivity index (χ3n) is 5.42. The molecule has 3 rings (SSSR count). The van der Waals surface area contributed by atoms with E-state index in [4.69, 9.17) is 0 Å². The van der Waals surface area contributed by atoms with Gasteiger partial charge in [0, 0.05) is 50.2 Å². The second-order valence-corrected chi connectivity index (χ2v) is 7.94. The molecule has 6 heteroatoms. The number of piperazine rings is 1. The largest absolute Gasteiger partial charge is 0.339 e. The lowest BCUT2D eigenvalue weighted by Gasteiger charge is -2.35. The van der Waals surface area contributed by atoms with Crippen LogP contribution in [0.4, 0.5) is 0 Å². The number of carbonyl (C=O) groups excluding carboxylic acids is 2. The molecule has 2 aromatic heterocycles. The summed E-state index contributed by atoms with van der Waals surface area (Å²) in [7, 11) is 0. The van der Waals surface area contributed by atoms with Gasteiger partial charge < -0.3 is 14.4 Å². The topological polar surface area (TPSA) is 58.4 Å². The zero-order valence-corrected chi connectivity index (χ0v) is 17.3. The molecule has 3 heterocycles. The number of aromatic nitrogens is 2. The van der Waals surface area contributed by atoms with Gasteiger partial charge in [-0.1, -0.05) is 13.8 Å². The third kappa shape index (κ3) is 4.26. The zero-order valence-electron chi connectivity index (χ0n) is 17.3. The number of carbonyl (C=O) groups is 2. The van der Waals surface area contributed by atoms with Crippen molar-refractivity contribution < 1.29 is 9.59 Å². The first-order valence-corrected chi connectivity index (χ1v) is 10.0. The van der Waals surface area contributed by atoms with Gasteiger partial charge in [0.05, 0.1) is 17.4 Å². The molecule has 0 atom stereocenters. The molecule has 28 heavy (non-hydrogen) atoms. The Labute approximate surface area is 167 Å². The average molecular weight is 383 g/mol. The Morgan fingerprint density at radius 2 is 1.79 bits per heavy atom. The van der Waals surface area contributed by atoms with E-state index in [1.54, 1.807) is 12.4 Å². The van der Waals surface area contributed by atoms with Gasteiger partial charge in [-0.05, 0) is 44.4 Å². The molecule has 0 aliphatic carbocycles. The van der Waals surface area contributed by atoms with Crippen LogP contribution in [0, 0.1) is 19.8 Å². The molecule has 0 bridgehead atoms. The highest BCUT2D eigenvalue weighted by atomic mass is 16.2. The van der Waals surface area contributed by atoms with Gasteiger partial charge in [0.1, 0.15) is 0 Å². The molecule has 6 nitrogen and oxygen atoms in total. The van der Waals surface area contributed by atoms with Crippen LogP contribution in [0.1, 0.15) is 48.4 Å². The van der Waals surface area contributed by atoms with Gasteiger partial charge in [-0.15, -0.1) is 0 Å². The minimum atomic E-state index is 0.0394. The third-order valence-corrected chi connectivity index (χ3v) is 5.42. The van der Waals surface area contributed by atoms with E-state index in [-0.39, 0.29) is 11.8 Å². The lowest BCUT2D eigenvalue weighted by molar-refractivity contribution is -0.132. The van der Waals surface area contributed by atoms with E-state index < -0.39 is 0 Å². The van der Waals surface area contributed by atoms with Crippen molar-refractivity contribution in [1.29, 1.82) is 0 Å². The predicted molar refractivity (Wildman–Crippen MR) is 110 cm³/mol. The van der Waals surface area contributed by atoms with E-state index in [1.165, 1.54) is 0 Å². The lowest BCUT2D eigenvalue weighted by Crippen LogP contribution is -2.50. The predicted octanol–water partition coefficient (Wildman–Crippen LogP) is 3.21. The highest BCUT2D eigenvalue weighted by Gasteiger charge is 2.27. The lowest BCUT2D eigenvalue weighted by atomic mass is 10.1. The van der Waals surface area contributed by atoms with Crippen molar-refractivity contribution in [3.63, 3.8) is 0 Å². The van der Waals surface area contributed by atoms with Crippen molar-refractivity contribution in [3.05, 3.63) is 47.5 Å². The van der Waals surface area contributed by atoms with Gasteiger partial charge in [0.2, 0.25) is 5.91 Å². The van der Waals surface area contributed by atoms with Crippen LogP contribution >= 0.6 is 0 Å². The van der Waals surface area contributed by atoms with Crippen LogP contribution in [0.25, 0.3) is 5.69 Å². The first kappa shape index (κ1) is 20.1. The fraction of sp³-hybridized carbons (Fsp3) is 0.500. The molecule has 1 aliphatic rings. The summed E-state index contributed by atoms with van der Waals surface area (Å²) in [6, 6.07) is 5.83. The Hall–Kier alpha value is -2.63. The summed E-state index contributed by atoms with van der Waals surface area (Å²) in [6.45, 7) is 10.6. The smallest absolute Gasteiger partial charge is 0.255 e. The number of rotatable bonds is 5. The molecule has 150 valence electrons. The van der Waals surface area contributed by atoms with E-state index in [1.807, 2.05) is 41.8 Å². The van der Waals surface area contributed by atoms with Crippen molar-refractivity contribution in [1.82, 2.24) is 19.4 Å². The van der Waals surface area contributed by atoms with E-state index in [2.05, 4.69) is 23.4 Å². The van der Waals surface area contributed by atoms with E-state index >= 15 is 0 Å². The molecule has 0 radical (unpaired) electrons. The van der Waals surface area contributed by atoms with Gasteiger partial charge >= 0.3 is 0 Å². The fourth-order valence-corrected chi connectivity index (χ4v) is 3.76. The second kappa shape index (κ2) is 8.59. The number of amides is 2. The summed E-state index contributed by atoms with van der Waals surface area (Å²) >= 11 is 0. The molecular weight excluding hydrogens is 352 g/mol. The Balaban J connectivity index is 1.67. The number of pyridine rings is 1. The van der Waals surface area contributed by atoms with Crippen LogP contribution in [0.5, 0.6) is 0 Å². The SMILES string of the molecule is Cc1cc(C(=O)N2CCN(C(=O)CCC(C)C)CC2)c(C)n1-c1cccnc1. The second-order valence-electron chi connectivity index (χ2n) is 7.94. The number of hydrogen-bond acceptors (Lipinski definition) is 3. The van der Waals surface area contributed by atoms with Crippen LogP contribution in [0.15, 0.2) is 30.6 Å². The first-order valence-electron chi connectivity index (χ1n) is 10.0. The molecule has 1 aliphatic heterocycles. The molecule has 0 spiro atoms. The van der Waals surface area contributed by atoms with Gasteiger partial charge in [-0.2, -0.15) is 0 Å². The normalized spacial score (nSPS) is 14.6. The molecule has 0 unspecified atom stereocenters. The van der Waals surface area contributed by atoms with Crippen molar-refractivity contribution in [3.8, 4) is 5.69 Å². The molecule has 2 amide bonds. The summed E-state index contributed by atoms with van der Waals surface area (Å²) in [5.41, 5.74) is 3.61. The van der Waals surface area contributed by atoms with Crippen LogP contribution < -0.4 is 0 Å². The Kier molecular flexibility index (Phi) is 6.17. The molecule has 2 aromatic rings. The highest BCUT2D eigenvalue weighted by molar-refractivity contribution is 5.96. The Morgan fingerprint density at radius 3 is 2.39 bits per heavy atom. The summed E-state index contributed by atoms with van der Waals surface area (Å²) in [5.74, 6) is 0.773. The Bertz CT molecular complexity index is 834. The van der Waals surface area contributed by atoms with Crippen molar-refractivity contribution in [2.24, 2.45) is 5.92 Å². The Morgan fingerprint density at radius 1 is 1.11 bits per heavy atom. The fourth-order valence-electron chi connectivity index (χ4n) is 3.76. The molecule has 0 saturated carbocycles. The van der Waals surface area contributed by atoms with Gasteiger partial charge in [-0.3, -0.25) is 14.6 Å². The van der Waals surface area contributed by atoms with E-state index in [9.17, 15) is 9.59 Å². The van der Waals surface area contributed by atoms with Crippen molar-refractivity contribution in [2.45, 2.75) is 40.5 Å². The van der Waals surface area contributed by atoms with Crippen molar-refractivity contribution in [2.75, 3.05) is 26.2 Å². The van der Waals surface area contributed by atoms with Crippen molar-refractivity contribution >= 4 is 11.8 Å². The van der Waals surface area contributed by atoms with Gasteiger partial charge in [0.15, 0.2) is 0 Å². The standard InChI is InChI=1S/C22H30N4O2/c1-16(2)7-8-21(27)24-10-12-25(13-11-24)22(28)20-14-17(3)26(18(20)4)19-6-5-9-23-15-19/h5-6,9,14-16H,7-8,10-13H2,1-4H3. The molecule has 1 fully saturated rings. The van der Waals surface area contributed by atoms with Crippen LogP contribution in [0.2, 0.25) is 0 Å². The van der Waals surface area contributed by atoms with Gasteiger partial charge in [-0.25, -0.2) is 0 Å². The highest BCUT2D eigenvalue weighted by Crippen LogP contribution is 2.22. The summed E-state index contributed by atoms with van der Waals surface area (Å²) in [6.07, 6.45) is 5.05. The van der Waals surface area contributed by atoms with Crippen LogP contribution in [-0.4, -0.2) is 57.3 Å². The average Bonchev–Trinajstić information content (AvgIpc) is 3.00. The number of nitrogens with zero attached hydrogens (tertiary/aromatic N) is 4. The molecule has 0 aromatic carbocycles. The van der Waals surface area contributed by atoms with Crippen LogP contribution in [-0.2, 0) is 4.79 Å². The van der Waals surface area contributed by atoms with E-state index in [0.29, 0.717) is 38.5 Å². The number of aryl methyl sites for hydroxylation is 1. The first-order chi connectivity index (χ1) is 13.4. The quantitative estimate of drug-likeness (QED) is 0.798. The summed E-state index contributed by atoms with van der Waals surface area (Å²) in [4.78, 5) is 33.4. The maximum atomic E-state index is 13.1. The minimum Gasteiger partial charge on any atom is -0.339 e. The maximum Gasteiger partial charge on any atom is 0.255 e. The van der Waals surface area contributed by atoms with E-state index in [0.717, 1.165) is 29.1 Å². The maximum absolute atomic E-state index is 13.1. The minimum absolute atomic E-state index is 0.0394. The van der Waals surface area contributed by atoms with Gasteiger partial charge in [0.25, 0.3) is 5.91 Å². The van der Waals surface area contributed by atoms with Crippen LogP contribution in [0.3, 0.4) is 0 Å². The zero-order chi connectivity index (χ0) is 20.3.